The minimum atomic E-state index is 0.217. The molecule has 50 valence electrons. The third-order valence-corrected chi connectivity index (χ3v) is 1.68. The fourth-order valence-corrected chi connectivity index (χ4v) is 0.513. The Kier molecular flexibility index (Phi) is 3.83. The van der Waals surface area contributed by atoms with Crippen LogP contribution >= 0.6 is 0 Å². The van der Waals surface area contributed by atoms with Crippen molar-refractivity contribution in [3.05, 3.63) is 0 Å². The minimum absolute atomic E-state index is 0.217. The fraction of sp³-hybridized carbons (Fsp3) is 1.00. The van der Waals surface area contributed by atoms with Gasteiger partial charge in [-0.25, -0.2) is 0 Å². The standard InChI is InChI=1S/C6H15NO/c1-3-5(2)6(7)4-8/h5-6,8H,3-4,7H2,1-2H3/p+1/t5-,6+/m0/s1. The van der Waals surface area contributed by atoms with E-state index in [4.69, 9.17) is 5.11 Å². The maximum absolute atomic E-state index is 8.57. The molecular weight excluding hydrogens is 102 g/mol. The van der Waals surface area contributed by atoms with E-state index < -0.39 is 0 Å². The summed E-state index contributed by atoms with van der Waals surface area (Å²) in [6.07, 6.45) is 1.11. The van der Waals surface area contributed by atoms with Crippen molar-refractivity contribution in [2.45, 2.75) is 26.3 Å². The quantitative estimate of drug-likeness (QED) is 0.522. The minimum Gasteiger partial charge on any atom is -0.390 e. The van der Waals surface area contributed by atoms with Gasteiger partial charge < -0.3 is 10.8 Å². The van der Waals surface area contributed by atoms with Crippen molar-refractivity contribution in [3.8, 4) is 0 Å². The number of rotatable bonds is 3. The van der Waals surface area contributed by atoms with Crippen LogP contribution in [-0.2, 0) is 0 Å². The van der Waals surface area contributed by atoms with E-state index in [0.29, 0.717) is 5.92 Å². The first-order valence-electron chi connectivity index (χ1n) is 3.16. The van der Waals surface area contributed by atoms with E-state index in [-0.39, 0.29) is 12.6 Å². The van der Waals surface area contributed by atoms with Gasteiger partial charge in [-0.1, -0.05) is 13.8 Å². The number of aliphatic hydroxyl groups excluding tert-OH is 1. The Morgan fingerprint density at radius 3 is 2.25 bits per heavy atom. The van der Waals surface area contributed by atoms with Crippen molar-refractivity contribution in [3.63, 3.8) is 0 Å². The van der Waals surface area contributed by atoms with Gasteiger partial charge in [0.15, 0.2) is 0 Å². The average Bonchev–Trinajstić information content (AvgIpc) is 1.84. The first-order chi connectivity index (χ1) is 3.72. The van der Waals surface area contributed by atoms with E-state index in [1.165, 1.54) is 0 Å². The van der Waals surface area contributed by atoms with Gasteiger partial charge in [-0.3, -0.25) is 0 Å². The lowest BCUT2D eigenvalue weighted by Gasteiger charge is -2.10. The second kappa shape index (κ2) is 3.87. The molecule has 0 aromatic carbocycles. The average molecular weight is 118 g/mol. The van der Waals surface area contributed by atoms with E-state index in [1.807, 2.05) is 0 Å². The Bertz CT molecular complexity index is 48.5. The second-order valence-corrected chi connectivity index (χ2v) is 2.33. The molecule has 0 aromatic heterocycles. The lowest BCUT2D eigenvalue weighted by Crippen LogP contribution is -2.65. The number of aliphatic hydroxyl groups is 1. The molecule has 0 unspecified atom stereocenters. The number of hydrogen-bond donors (Lipinski definition) is 2. The topological polar surface area (TPSA) is 47.9 Å². The van der Waals surface area contributed by atoms with Crippen molar-refractivity contribution in [1.82, 2.24) is 0 Å². The first kappa shape index (κ1) is 7.92. The van der Waals surface area contributed by atoms with Gasteiger partial charge in [-0.2, -0.15) is 0 Å². The molecule has 0 bridgehead atoms. The SMILES string of the molecule is CC[C@H](C)[C@H]([NH3+])CO. The zero-order valence-electron chi connectivity index (χ0n) is 5.72. The third-order valence-electron chi connectivity index (χ3n) is 1.68. The highest BCUT2D eigenvalue weighted by Gasteiger charge is 2.11. The summed E-state index contributed by atoms with van der Waals surface area (Å²) in [4.78, 5) is 0. The van der Waals surface area contributed by atoms with Gasteiger partial charge in [0.05, 0.1) is 6.61 Å². The Balaban J connectivity index is 3.29. The van der Waals surface area contributed by atoms with Crippen LogP contribution in [0.15, 0.2) is 0 Å². The van der Waals surface area contributed by atoms with E-state index in [1.54, 1.807) is 0 Å². The molecule has 8 heavy (non-hydrogen) atoms. The molecule has 2 nitrogen and oxygen atoms in total. The molecule has 0 aromatic rings. The molecule has 0 amide bonds. The number of hydrogen-bond acceptors (Lipinski definition) is 1. The summed E-state index contributed by atoms with van der Waals surface area (Å²) in [6.45, 7) is 4.43. The predicted molar refractivity (Wildman–Crippen MR) is 33.2 cm³/mol. The van der Waals surface area contributed by atoms with Gasteiger partial charge >= 0.3 is 0 Å². The monoisotopic (exact) mass is 118 g/mol. The Morgan fingerprint density at radius 2 is 2.12 bits per heavy atom. The van der Waals surface area contributed by atoms with Gasteiger partial charge in [-0.15, -0.1) is 0 Å². The Morgan fingerprint density at radius 1 is 1.62 bits per heavy atom. The molecular formula is C6H16NO+. The van der Waals surface area contributed by atoms with E-state index in [9.17, 15) is 0 Å². The van der Waals surface area contributed by atoms with Crippen molar-refractivity contribution in [2.24, 2.45) is 5.92 Å². The Labute approximate surface area is 50.7 Å². The third kappa shape index (κ3) is 2.28. The lowest BCUT2D eigenvalue weighted by atomic mass is 10.0. The van der Waals surface area contributed by atoms with Crippen molar-refractivity contribution < 1.29 is 10.8 Å². The fourth-order valence-electron chi connectivity index (χ4n) is 0.513. The molecule has 0 spiro atoms. The van der Waals surface area contributed by atoms with Crippen LogP contribution < -0.4 is 5.73 Å². The summed E-state index contributed by atoms with van der Waals surface area (Å²) in [5, 5.41) is 8.57. The van der Waals surface area contributed by atoms with Crippen LogP contribution in [0, 0.1) is 5.92 Å². The largest absolute Gasteiger partial charge is 0.390 e. The summed E-state index contributed by atoms with van der Waals surface area (Å²) in [6, 6.07) is 0.222. The molecule has 0 radical (unpaired) electrons. The zero-order valence-corrected chi connectivity index (χ0v) is 5.72. The summed E-state index contributed by atoms with van der Waals surface area (Å²) >= 11 is 0. The van der Waals surface area contributed by atoms with Crippen LogP contribution in [-0.4, -0.2) is 17.8 Å². The van der Waals surface area contributed by atoms with Gasteiger partial charge in [0.2, 0.25) is 0 Å². The van der Waals surface area contributed by atoms with E-state index in [2.05, 4.69) is 19.6 Å². The van der Waals surface area contributed by atoms with Crippen molar-refractivity contribution >= 4 is 0 Å². The summed E-state index contributed by atoms with van der Waals surface area (Å²) < 4.78 is 0. The molecule has 0 fully saturated rings. The Hall–Kier alpha value is -0.0800. The molecule has 0 saturated heterocycles. The number of quaternary nitrogens is 1. The zero-order chi connectivity index (χ0) is 6.57. The summed E-state index contributed by atoms with van der Waals surface area (Å²) in [5.74, 6) is 0.556. The van der Waals surface area contributed by atoms with Crippen LogP contribution in [0.4, 0.5) is 0 Å². The van der Waals surface area contributed by atoms with E-state index >= 15 is 0 Å². The predicted octanol–water partition coefficient (Wildman–Crippen LogP) is -0.365. The summed E-state index contributed by atoms with van der Waals surface area (Å²) in [7, 11) is 0. The van der Waals surface area contributed by atoms with Crippen molar-refractivity contribution in [2.75, 3.05) is 6.61 Å². The second-order valence-electron chi connectivity index (χ2n) is 2.33. The summed E-state index contributed by atoms with van der Waals surface area (Å²) in [5.41, 5.74) is 3.78. The van der Waals surface area contributed by atoms with Gasteiger partial charge in [0, 0.05) is 5.92 Å². The maximum atomic E-state index is 8.57. The van der Waals surface area contributed by atoms with Crippen LogP contribution in [0.1, 0.15) is 20.3 Å². The lowest BCUT2D eigenvalue weighted by molar-refractivity contribution is -0.437. The van der Waals surface area contributed by atoms with Crippen LogP contribution in [0.25, 0.3) is 0 Å². The molecule has 0 rings (SSSR count). The first-order valence-corrected chi connectivity index (χ1v) is 3.16. The van der Waals surface area contributed by atoms with Crippen LogP contribution in [0.3, 0.4) is 0 Å². The smallest absolute Gasteiger partial charge is 0.110 e. The molecule has 4 N–H and O–H groups in total. The highest BCUT2D eigenvalue weighted by molar-refractivity contribution is 4.57. The molecule has 0 saturated carbocycles. The van der Waals surface area contributed by atoms with Crippen molar-refractivity contribution in [1.29, 1.82) is 0 Å². The van der Waals surface area contributed by atoms with Gasteiger partial charge in [-0.05, 0) is 6.42 Å². The molecule has 0 aliphatic rings. The van der Waals surface area contributed by atoms with Gasteiger partial charge in [0.25, 0.3) is 0 Å². The van der Waals surface area contributed by atoms with Gasteiger partial charge in [0.1, 0.15) is 6.04 Å². The molecule has 2 atom stereocenters. The maximum Gasteiger partial charge on any atom is 0.110 e. The highest BCUT2D eigenvalue weighted by atomic mass is 16.3. The highest BCUT2D eigenvalue weighted by Crippen LogP contribution is 2.01. The molecule has 0 aliphatic heterocycles. The normalized spacial score (nSPS) is 18.0. The van der Waals surface area contributed by atoms with Crippen LogP contribution in [0.5, 0.6) is 0 Å². The van der Waals surface area contributed by atoms with E-state index in [0.717, 1.165) is 6.42 Å². The molecule has 0 aliphatic carbocycles. The molecule has 0 heterocycles. The van der Waals surface area contributed by atoms with Crippen LogP contribution in [0.2, 0.25) is 0 Å². The molecule has 2 heteroatoms.